The third kappa shape index (κ3) is 7.20. The van der Waals surface area contributed by atoms with E-state index in [4.69, 9.17) is 0 Å². The fourth-order valence-corrected chi connectivity index (χ4v) is 11.0. The average molecular weight is 921 g/mol. The molecule has 2 aromatic rings. The molecule has 0 aliphatic heterocycles. The lowest BCUT2D eigenvalue weighted by molar-refractivity contribution is -1.03. The Kier molecular flexibility index (Phi) is 12.3. The van der Waals surface area contributed by atoms with Crippen LogP contribution in [0.2, 0.25) is 0 Å². The Morgan fingerprint density at radius 2 is 0.750 bits per heavy atom. The molecule has 1 radical (unpaired) electrons. The van der Waals surface area contributed by atoms with E-state index in [9.17, 15) is 74.3 Å². The van der Waals surface area contributed by atoms with Gasteiger partial charge in [-0.25, -0.2) is 0 Å². The van der Waals surface area contributed by atoms with E-state index in [2.05, 4.69) is 2.51 Å². The fourth-order valence-electron chi connectivity index (χ4n) is 4.07. The van der Waals surface area contributed by atoms with Crippen molar-refractivity contribution in [2.24, 2.45) is 0 Å². The van der Waals surface area contributed by atoms with Crippen molar-refractivity contribution < 1.29 is 106 Å². The van der Waals surface area contributed by atoms with Crippen molar-refractivity contribution in [3.05, 3.63) is 66.8 Å². The summed E-state index contributed by atoms with van der Waals surface area (Å²) in [6.07, 6.45) is -6.90. The van der Waals surface area contributed by atoms with Crippen LogP contribution in [0.3, 0.4) is 0 Å². The third-order valence-corrected chi connectivity index (χ3v) is 15.9. The van der Waals surface area contributed by atoms with Gasteiger partial charge in [0.05, 0.1) is 0 Å². The second-order valence-electron chi connectivity index (χ2n) is 12.7. The van der Waals surface area contributed by atoms with E-state index in [-0.39, 0.29) is 7.14 Å². The molecule has 22 heteroatoms. The van der Waals surface area contributed by atoms with Crippen molar-refractivity contribution in [1.29, 1.82) is 0 Å². The standard InChI is InChI=1S/C30H30F17IO3S/c1-7-21(3,4)17-9-13-19(14-10-17)48(20-15-11-18(12-16-20)22(5,6)8-2)51-52(49,50)30(46,47)28(41,42)26(37,38)24(33,34)23(31,32)25(35,36)27(39,40)29(43,44)45/h9-16H,7-8H2,1-6H3/q+1. The topological polar surface area (TPSA) is 43.4 Å². The molecule has 0 bridgehead atoms. The van der Waals surface area contributed by atoms with Crippen molar-refractivity contribution >= 4 is 10.1 Å². The second-order valence-corrected chi connectivity index (χ2v) is 19.3. The summed E-state index contributed by atoms with van der Waals surface area (Å²) < 4.78 is 264. The lowest BCUT2D eigenvalue weighted by Crippen LogP contribution is -3.85. The van der Waals surface area contributed by atoms with Gasteiger partial charge in [0.25, 0.3) is 0 Å². The van der Waals surface area contributed by atoms with Crippen LogP contribution in [0.15, 0.2) is 48.5 Å². The highest BCUT2D eigenvalue weighted by molar-refractivity contribution is 7.87. The number of alkyl halides is 17. The Morgan fingerprint density at radius 3 is 1.02 bits per heavy atom. The van der Waals surface area contributed by atoms with Crippen molar-refractivity contribution in [1.82, 2.24) is 0 Å². The molecule has 3 nitrogen and oxygen atoms in total. The van der Waals surface area contributed by atoms with E-state index < -0.39 is 88.1 Å². The minimum atomic E-state index is -8.93. The first-order valence-corrected chi connectivity index (χ1v) is 18.9. The minimum absolute atomic E-state index is 0.331. The maximum Gasteiger partial charge on any atom is 0.460 e. The van der Waals surface area contributed by atoms with Crippen molar-refractivity contribution in [2.45, 2.75) is 112 Å². The Morgan fingerprint density at radius 1 is 0.481 bits per heavy atom. The van der Waals surface area contributed by atoms with Crippen LogP contribution in [0.5, 0.6) is 0 Å². The van der Waals surface area contributed by atoms with Gasteiger partial charge in [-0.2, -0.15) is 83.1 Å². The largest absolute Gasteiger partial charge is 0.460 e. The van der Waals surface area contributed by atoms with Crippen LogP contribution in [-0.2, 0) is 23.5 Å². The third-order valence-electron chi connectivity index (χ3n) is 8.57. The molecular formula is C30H30F17IO3S+. The molecular weight excluding hydrogens is 890 g/mol. The summed E-state index contributed by atoms with van der Waals surface area (Å²) in [5, 5.41) is -7.77. The maximum absolute atomic E-state index is 15.0. The maximum atomic E-state index is 15.0. The van der Waals surface area contributed by atoms with E-state index >= 15 is 8.78 Å². The molecule has 0 fully saturated rings. The first kappa shape index (κ1) is 46.0. The smallest absolute Gasteiger partial charge is 0.192 e. The summed E-state index contributed by atoms with van der Waals surface area (Å²) in [6, 6.07) is 9.64. The van der Waals surface area contributed by atoms with Gasteiger partial charge < -0.3 is 0 Å². The van der Waals surface area contributed by atoms with E-state index in [0.717, 1.165) is 24.3 Å². The van der Waals surface area contributed by atoms with Gasteiger partial charge in [-0.05, 0) is 61.6 Å². The molecule has 0 amide bonds. The molecule has 299 valence electrons. The highest BCUT2D eigenvalue weighted by Crippen LogP contribution is 2.64. The molecule has 0 aromatic heterocycles. The SMILES string of the molecule is CCC(C)(C)c1ccc([I+](OS(=O)(=O)C(F)(F)C(F)(F)C(F)(F)C(F)(F)C(F)(F)C(F)(F)C(F)(F)C(F)(F)F)c2ccc(C(C)(C)CC)cc2)cc1. The molecule has 0 saturated carbocycles. The summed E-state index contributed by atoms with van der Waals surface area (Å²) in [5.74, 6) is -52.1. The normalized spacial score (nSPS) is 15.4. The fraction of sp³-hybridized carbons (Fsp3) is 0.600. The highest BCUT2D eigenvalue weighted by atomic mass is 127. The zero-order valence-corrected chi connectivity index (χ0v) is 30.4. The summed E-state index contributed by atoms with van der Waals surface area (Å²) in [4.78, 5) is 0. The monoisotopic (exact) mass is 920 g/mol. The molecule has 2 aromatic carbocycles. The second kappa shape index (κ2) is 13.9. The molecule has 0 heterocycles. The number of hydrogen-bond acceptors (Lipinski definition) is 3. The van der Waals surface area contributed by atoms with E-state index in [0.29, 0.717) is 24.0 Å². The van der Waals surface area contributed by atoms with E-state index in [1.807, 2.05) is 0 Å². The van der Waals surface area contributed by atoms with Gasteiger partial charge >= 0.3 is 77.3 Å². The van der Waals surface area contributed by atoms with Gasteiger partial charge in [-0.3, -0.25) is 0 Å². The molecule has 52 heavy (non-hydrogen) atoms. The quantitative estimate of drug-likeness (QED) is 0.135. The van der Waals surface area contributed by atoms with Crippen LogP contribution in [0.25, 0.3) is 0 Å². The molecule has 0 unspecified atom stereocenters. The van der Waals surface area contributed by atoms with Crippen LogP contribution in [-0.4, -0.2) is 55.4 Å². The highest BCUT2D eigenvalue weighted by Gasteiger charge is 2.96. The first-order chi connectivity index (χ1) is 22.9. The number of benzene rings is 2. The van der Waals surface area contributed by atoms with E-state index in [1.165, 1.54) is 24.3 Å². The Labute approximate surface area is 294 Å². The van der Waals surface area contributed by atoms with Crippen LogP contribution in [0, 0.1) is 7.14 Å². The van der Waals surface area contributed by atoms with Crippen LogP contribution >= 0.6 is 0 Å². The van der Waals surface area contributed by atoms with Gasteiger partial charge in [0.15, 0.2) is 7.14 Å². The van der Waals surface area contributed by atoms with Crippen LogP contribution in [0.4, 0.5) is 74.6 Å². The van der Waals surface area contributed by atoms with Crippen LogP contribution in [0.1, 0.15) is 65.5 Å². The average Bonchev–Trinajstić information content (AvgIpc) is 3.02. The van der Waals surface area contributed by atoms with Gasteiger partial charge in [0, 0.05) is 0 Å². The zero-order chi connectivity index (χ0) is 41.2. The molecule has 0 spiro atoms. The molecule has 0 saturated heterocycles. The minimum Gasteiger partial charge on any atom is -0.192 e. The molecule has 0 aliphatic rings. The number of hydrogen-bond donors (Lipinski definition) is 0. The molecule has 0 N–H and O–H groups in total. The van der Waals surface area contributed by atoms with Crippen molar-refractivity contribution in [2.75, 3.05) is 0 Å². The summed E-state index contributed by atoms with van der Waals surface area (Å²) in [6.45, 7) is 10.5. The zero-order valence-electron chi connectivity index (χ0n) is 27.5. The van der Waals surface area contributed by atoms with Crippen LogP contribution < -0.4 is 20.2 Å². The predicted molar refractivity (Wildman–Crippen MR) is 148 cm³/mol. The molecule has 0 aliphatic carbocycles. The Hall–Kier alpha value is -2.11. The first-order valence-electron chi connectivity index (χ1n) is 14.5. The molecule has 2 rings (SSSR count). The molecule has 0 atom stereocenters. The lowest BCUT2D eigenvalue weighted by atomic mass is 9.82. The van der Waals surface area contributed by atoms with Crippen molar-refractivity contribution in [3.63, 3.8) is 0 Å². The summed E-state index contributed by atoms with van der Waals surface area (Å²) in [7, 11) is -7.76. The van der Waals surface area contributed by atoms with Gasteiger partial charge in [-0.15, -0.1) is 0 Å². The number of halogens is 18. The van der Waals surface area contributed by atoms with Gasteiger partial charge in [-0.1, -0.05) is 65.8 Å². The lowest BCUT2D eigenvalue weighted by Gasteiger charge is -2.42. The summed E-state index contributed by atoms with van der Waals surface area (Å²) >= 11 is -4.68. The summed E-state index contributed by atoms with van der Waals surface area (Å²) in [5.41, 5.74) is -0.0329. The Balaban J connectivity index is 2.77. The van der Waals surface area contributed by atoms with E-state index in [1.54, 1.807) is 41.5 Å². The number of rotatable bonds is 15. The van der Waals surface area contributed by atoms with Gasteiger partial charge in [0.1, 0.15) is 0 Å². The predicted octanol–water partition coefficient (Wildman–Crippen LogP) is 7.95. The Bertz CT molecular complexity index is 1610. The van der Waals surface area contributed by atoms with Crippen molar-refractivity contribution in [3.8, 4) is 0 Å². The van der Waals surface area contributed by atoms with Gasteiger partial charge in [0.2, 0.25) is 0 Å².